The van der Waals surface area contributed by atoms with Crippen molar-refractivity contribution in [3.05, 3.63) is 192 Å². The predicted octanol–water partition coefficient (Wildman–Crippen LogP) is 10.5. The van der Waals surface area contributed by atoms with E-state index in [1.54, 1.807) is 0 Å². The first-order valence-corrected chi connectivity index (χ1v) is 14.3. The molecule has 0 unspecified atom stereocenters. The van der Waals surface area contributed by atoms with Crippen LogP contribution in [0.4, 0.5) is 0 Å². The Labute approximate surface area is 241 Å². The van der Waals surface area contributed by atoms with E-state index < -0.39 is 0 Å². The maximum Gasteiger partial charge on any atom is 0.0713 e. The third kappa shape index (κ3) is 3.68. The first kappa shape index (κ1) is 23.7. The fourth-order valence-electron chi connectivity index (χ4n) is 6.85. The van der Waals surface area contributed by atoms with Gasteiger partial charge < -0.3 is 0 Å². The Hall–Kier alpha value is -5.20. The molecule has 0 aliphatic heterocycles. The van der Waals surface area contributed by atoms with Crippen molar-refractivity contribution >= 4 is 10.8 Å². The van der Waals surface area contributed by atoms with Gasteiger partial charge in [-0.1, -0.05) is 164 Å². The van der Waals surface area contributed by atoms with Crippen LogP contribution in [0.1, 0.15) is 22.3 Å². The van der Waals surface area contributed by atoms with Crippen molar-refractivity contribution < 1.29 is 0 Å². The van der Waals surface area contributed by atoms with E-state index in [4.69, 9.17) is 0 Å². The molecule has 0 saturated heterocycles. The maximum atomic E-state index is 2.33. The molecule has 0 heterocycles. The summed E-state index contributed by atoms with van der Waals surface area (Å²) >= 11 is 0. The monoisotopic (exact) mass is 520 g/mol. The van der Waals surface area contributed by atoms with Crippen LogP contribution in [0, 0.1) is 0 Å². The SMILES string of the molecule is c1ccc(C2(c3ccc(-c4ccc(-c5ccc6ccccc6c5)cc4)cc3)c3ccccc3-c3ccccc32)cc1. The summed E-state index contributed by atoms with van der Waals surface area (Å²) in [5.74, 6) is 0. The van der Waals surface area contributed by atoms with Crippen LogP contribution in [0.5, 0.6) is 0 Å². The number of rotatable bonds is 4. The highest BCUT2D eigenvalue weighted by Crippen LogP contribution is 2.56. The van der Waals surface area contributed by atoms with Crippen molar-refractivity contribution in [1.29, 1.82) is 0 Å². The lowest BCUT2D eigenvalue weighted by atomic mass is 9.67. The molecule has 7 aromatic rings. The van der Waals surface area contributed by atoms with E-state index in [0.717, 1.165) is 0 Å². The second-order valence-electron chi connectivity index (χ2n) is 10.9. The fourth-order valence-corrected chi connectivity index (χ4v) is 6.85. The summed E-state index contributed by atoms with van der Waals surface area (Å²) in [5, 5.41) is 2.54. The Morgan fingerprint density at radius 2 is 0.732 bits per heavy atom. The van der Waals surface area contributed by atoms with E-state index >= 15 is 0 Å². The summed E-state index contributed by atoms with van der Waals surface area (Å²) in [5.41, 5.74) is 12.5. The van der Waals surface area contributed by atoms with E-state index in [9.17, 15) is 0 Å². The molecule has 0 radical (unpaired) electrons. The van der Waals surface area contributed by atoms with Crippen molar-refractivity contribution in [2.24, 2.45) is 0 Å². The normalized spacial score (nSPS) is 13.1. The molecule has 0 bridgehead atoms. The van der Waals surface area contributed by atoms with Gasteiger partial charge >= 0.3 is 0 Å². The summed E-state index contributed by atoms with van der Waals surface area (Å²) in [6.45, 7) is 0. The number of hydrogen-bond donors (Lipinski definition) is 0. The average Bonchev–Trinajstić information content (AvgIpc) is 3.36. The Morgan fingerprint density at radius 3 is 1.37 bits per heavy atom. The lowest BCUT2D eigenvalue weighted by molar-refractivity contribution is 0.768. The minimum absolute atomic E-state index is 0.354. The molecule has 8 rings (SSSR count). The topological polar surface area (TPSA) is 0 Å². The van der Waals surface area contributed by atoms with Gasteiger partial charge in [0.05, 0.1) is 5.41 Å². The molecule has 0 aromatic heterocycles. The Kier molecular flexibility index (Phi) is 5.47. The molecule has 192 valence electrons. The molecule has 7 aromatic carbocycles. The van der Waals surface area contributed by atoms with Gasteiger partial charge in [-0.25, -0.2) is 0 Å². The van der Waals surface area contributed by atoms with Crippen molar-refractivity contribution in [2.75, 3.05) is 0 Å². The summed E-state index contributed by atoms with van der Waals surface area (Å²) < 4.78 is 0. The van der Waals surface area contributed by atoms with E-state index in [2.05, 4.69) is 170 Å². The van der Waals surface area contributed by atoms with Crippen molar-refractivity contribution in [2.45, 2.75) is 5.41 Å². The highest BCUT2D eigenvalue weighted by molar-refractivity contribution is 5.88. The maximum absolute atomic E-state index is 2.33. The molecule has 0 N–H and O–H groups in total. The van der Waals surface area contributed by atoms with Crippen LogP contribution in [-0.2, 0) is 5.41 Å². The zero-order valence-corrected chi connectivity index (χ0v) is 22.7. The van der Waals surface area contributed by atoms with Gasteiger partial charge in [0.15, 0.2) is 0 Å². The summed E-state index contributed by atoms with van der Waals surface area (Å²) in [6.07, 6.45) is 0. The lowest BCUT2D eigenvalue weighted by Gasteiger charge is -2.34. The standard InChI is InChI=1S/C41H28/c1-2-12-35(13-3-1)41(39-16-8-6-14-37(39)38-15-7-9-17-40(38)41)36-26-24-31(25-27-36)30-18-20-32(21-19-30)34-23-22-29-10-4-5-11-33(29)28-34/h1-28H. The van der Waals surface area contributed by atoms with Gasteiger partial charge in [-0.15, -0.1) is 0 Å². The van der Waals surface area contributed by atoms with Gasteiger partial charge in [-0.05, 0) is 72.5 Å². The molecule has 0 saturated carbocycles. The number of fused-ring (bicyclic) bond motifs is 4. The van der Waals surface area contributed by atoms with Gasteiger partial charge in [0, 0.05) is 0 Å². The smallest absolute Gasteiger partial charge is 0.0622 e. The van der Waals surface area contributed by atoms with Gasteiger partial charge in [-0.3, -0.25) is 0 Å². The van der Waals surface area contributed by atoms with Crippen LogP contribution in [-0.4, -0.2) is 0 Å². The quantitative estimate of drug-likeness (QED) is 0.216. The van der Waals surface area contributed by atoms with Crippen molar-refractivity contribution in [3.63, 3.8) is 0 Å². The second-order valence-corrected chi connectivity index (χ2v) is 10.9. The number of hydrogen-bond acceptors (Lipinski definition) is 0. The summed E-state index contributed by atoms with van der Waals surface area (Å²) in [7, 11) is 0. The van der Waals surface area contributed by atoms with Crippen LogP contribution < -0.4 is 0 Å². The number of benzene rings is 7. The third-order valence-corrected chi connectivity index (χ3v) is 8.78. The molecule has 0 nitrogen and oxygen atoms in total. The van der Waals surface area contributed by atoms with Crippen molar-refractivity contribution in [3.8, 4) is 33.4 Å². The van der Waals surface area contributed by atoms with E-state index in [1.165, 1.54) is 66.4 Å². The van der Waals surface area contributed by atoms with E-state index in [0.29, 0.717) is 0 Å². The lowest BCUT2D eigenvalue weighted by Crippen LogP contribution is -2.28. The van der Waals surface area contributed by atoms with E-state index in [-0.39, 0.29) is 5.41 Å². The molecule has 0 heteroatoms. The minimum Gasteiger partial charge on any atom is -0.0622 e. The van der Waals surface area contributed by atoms with Crippen LogP contribution in [0.3, 0.4) is 0 Å². The second kappa shape index (κ2) is 9.47. The molecule has 0 fully saturated rings. The highest BCUT2D eigenvalue weighted by Gasteiger charge is 2.45. The van der Waals surface area contributed by atoms with Gasteiger partial charge in [0.1, 0.15) is 0 Å². The zero-order chi connectivity index (χ0) is 27.2. The Bertz CT molecular complexity index is 1970. The van der Waals surface area contributed by atoms with Gasteiger partial charge in [0.25, 0.3) is 0 Å². The zero-order valence-electron chi connectivity index (χ0n) is 22.7. The molecule has 1 aliphatic carbocycles. The highest BCUT2D eigenvalue weighted by atomic mass is 14.5. The molecule has 0 atom stereocenters. The largest absolute Gasteiger partial charge is 0.0713 e. The van der Waals surface area contributed by atoms with E-state index in [1.807, 2.05) is 0 Å². The Morgan fingerprint density at radius 1 is 0.293 bits per heavy atom. The molecular formula is C41H28. The van der Waals surface area contributed by atoms with Crippen LogP contribution in [0.2, 0.25) is 0 Å². The third-order valence-electron chi connectivity index (χ3n) is 8.78. The molecular weight excluding hydrogens is 492 g/mol. The minimum atomic E-state index is -0.354. The van der Waals surface area contributed by atoms with Crippen molar-refractivity contribution in [1.82, 2.24) is 0 Å². The molecule has 41 heavy (non-hydrogen) atoms. The summed E-state index contributed by atoms with van der Waals surface area (Å²) in [4.78, 5) is 0. The van der Waals surface area contributed by atoms with Crippen LogP contribution >= 0.6 is 0 Å². The fraction of sp³-hybridized carbons (Fsp3) is 0.0244. The first-order valence-electron chi connectivity index (χ1n) is 14.3. The van der Waals surface area contributed by atoms with Crippen LogP contribution in [0.25, 0.3) is 44.2 Å². The molecule has 1 aliphatic rings. The average molecular weight is 521 g/mol. The molecule has 0 amide bonds. The first-order chi connectivity index (χ1) is 20.3. The molecule has 0 spiro atoms. The Balaban J connectivity index is 1.21. The van der Waals surface area contributed by atoms with Crippen LogP contribution in [0.15, 0.2) is 170 Å². The summed E-state index contributed by atoms with van der Waals surface area (Å²) in [6, 6.07) is 62.2. The van der Waals surface area contributed by atoms with Gasteiger partial charge in [-0.2, -0.15) is 0 Å². The van der Waals surface area contributed by atoms with Gasteiger partial charge in [0.2, 0.25) is 0 Å². The predicted molar refractivity (Wildman–Crippen MR) is 172 cm³/mol.